The van der Waals surface area contributed by atoms with E-state index >= 15 is 0 Å². The number of aromatic nitrogens is 4. The summed E-state index contributed by atoms with van der Waals surface area (Å²) in [5, 5.41) is 18.0. The van der Waals surface area contributed by atoms with E-state index in [2.05, 4.69) is 15.4 Å². The smallest absolute Gasteiger partial charge is 0.270 e. The minimum atomic E-state index is -0.568. The van der Waals surface area contributed by atoms with Crippen molar-refractivity contribution >= 4 is 22.6 Å². The second-order valence-corrected chi connectivity index (χ2v) is 6.97. The van der Waals surface area contributed by atoms with Crippen molar-refractivity contribution in [3.8, 4) is 0 Å². The molecule has 0 bridgehead atoms. The van der Waals surface area contributed by atoms with E-state index in [0.717, 1.165) is 5.56 Å². The SMILES string of the molecule is O=C(NCCn1ncc2c(=O)n(Cc3ccc(F)cc3)cnc21)c1cccc([N+](=O)[O-])c1. The molecule has 2 aromatic carbocycles. The molecule has 0 atom stereocenters. The van der Waals surface area contributed by atoms with Crippen molar-refractivity contribution in [2.75, 3.05) is 6.54 Å². The van der Waals surface area contributed by atoms with Gasteiger partial charge in [0.15, 0.2) is 5.65 Å². The molecule has 1 N–H and O–H groups in total. The van der Waals surface area contributed by atoms with Crippen LogP contribution >= 0.6 is 0 Å². The number of amides is 1. The van der Waals surface area contributed by atoms with E-state index < -0.39 is 10.8 Å². The Bertz CT molecular complexity index is 1360. The fraction of sp³-hybridized carbons (Fsp3) is 0.143. The Balaban J connectivity index is 1.44. The molecule has 0 radical (unpaired) electrons. The van der Waals surface area contributed by atoms with Crippen LogP contribution in [-0.2, 0) is 13.1 Å². The van der Waals surface area contributed by atoms with Gasteiger partial charge in [-0.1, -0.05) is 18.2 Å². The topological polar surface area (TPSA) is 125 Å². The monoisotopic (exact) mass is 436 g/mol. The number of hydrogen-bond donors (Lipinski definition) is 1. The van der Waals surface area contributed by atoms with Gasteiger partial charge in [0.2, 0.25) is 0 Å². The van der Waals surface area contributed by atoms with Gasteiger partial charge in [-0.3, -0.25) is 24.3 Å². The molecular weight excluding hydrogens is 419 g/mol. The maximum Gasteiger partial charge on any atom is 0.270 e. The minimum absolute atomic E-state index is 0.170. The van der Waals surface area contributed by atoms with Gasteiger partial charge < -0.3 is 5.32 Å². The third-order valence-corrected chi connectivity index (χ3v) is 4.82. The van der Waals surface area contributed by atoms with Crippen LogP contribution in [0.15, 0.2) is 65.8 Å². The van der Waals surface area contributed by atoms with E-state index in [9.17, 15) is 24.1 Å². The number of carbonyl (C=O) groups is 1. The molecule has 11 heteroatoms. The molecule has 162 valence electrons. The van der Waals surface area contributed by atoms with E-state index in [1.54, 1.807) is 12.1 Å². The number of hydrogen-bond acceptors (Lipinski definition) is 6. The van der Waals surface area contributed by atoms with Crippen molar-refractivity contribution in [2.45, 2.75) is 13.1 Å². The number of carbonyl (C=O) groups excluding carboxylic acids is 1. The molecule has 0 unspecified atom stereocenters. The lowest BCUT2D eigenvalue weighted by Crippen LogP contribution is -2.27. The molecule has 0 saturated carbocycles. The lowest BCUT2D eigenvalue weighted by atomic mass is 10.2. The first-order valence-corrected chi connectivity index (χ1v) is 9.60. The average Bonchev–Trinajstić information content (AvgIpc) is 3.21. The second kappa shape index (κ2) is 8.76. The van der Waals surface area contributed by atoms with Crippen LogP contribution in [0.1, 0.15) is 15.9 Å². The number of rotatable bonds is 7. The van der Waals surface area contributed by atoms with Crippen LogP contribution in [-0.4, -0.2) is 36.7 Å². The Hall–Kier alpha value is -4.41. The molecule has 4 aromatic rings. The highest BCUT2D eigenvalue weighted by Gasteiger charge is 2.13. The summed E-state index contributed by atoms with van der Waals surface area (Å²) >= 11 is 0. The molecule has 2 heterocycles. The average molecular weight is 436 g/mol. The van der Waals surface area contributed by atoms with Crippen molar-refractivity contribution in [3.63, 3.8) is 0 Å². The highest BCUT2D eigenvalue weighted by molar-refractivity contribution is 5.94. The van der Waals surface area contributed by atoms with Gasteiger partial charge in [-0.15, -0.1) is 0 Å². The Morgan fingerprint density at radius 3 is 2.72 bits per heavy atom. The molecule has 1 amide bonds. The highest BCUT2D eigenvalue weighted by atomic mass is 19.1. The van der Waals surface area contributed by atoms with Crippen LogP contribution in [0.25, 0.3) is 11.0 Å². The molecule has 0 aliphatic carbocycles. The number of benzene rings is 2. The number of nitro groups is 1. The first-order valence-electron chi connectivity index (χ1n) is 9.60. The van der Waals surface area contributed by atoms with Gasteiger partial charge in [-0.05, 0) is 23.8 Å². The Labute approximate surface area is 180 Å². The number of nitrogens with zero attached hydrogens (tertiary/aromatic N) is 5. The summed E-state index contributed by atoms with van der Waals surface area (Å²) in [5.41, 5.74) is 0.843. The lowest BCUT2D eigenvalue weighted by molar-refractivity contribution is -0.384. The van der Waals surface area contributed by atoms with Crippen LogP contribution in [0.4, 0.5) is 10.1 Å². The van der Waals surface area contributed by atoms with Crippen LogP contribution in [0, 0.1) is 15.9 Å². The van der Waals surface area contributed by atoms with Crippen molar-refractivity contribution in [3.05, 3.63) is 98.5 Å². The maximum atomic E-state index is 13.1. The van der Waals surface area contributed by atoms with Gasteiger partial charge in [-0.2, -0.15) is 5.10 Å². The molecule has 0 aliphatic rings. The zero-order valence-corrected chi connectivity index (χ0v) is 16.6. The normalized spacial score (nSPS) is 10.9. The third-order valence-electron chi connectivity index (χ3n) is 4.82. The van der Waals surface area contributed by atoms with Crippen LogP contribution in [0.2, 0.25) is 0 Å². The number of non-ortho nitro benzene ring substituents is 1. The highest BCUT2D eigenvalue weighted by Crippen LogP contribution is 2.13. The van der Waals surface area contributed by atoms with E-state index in [1.807, 2.05) is 0 Å². The van der Waals surface area contributed by atoms with E-state index in [4.69, 9.17) is 0 Å². The summed E-state index contributed by atoms with van der Waals surface area (Å²) in [7, 11) is 0. The zero-order valence-electron chi connectivity index (χ0n) is 16.6. The minimum Gasteiger partial charge on any atom is -0.350 e. The predicted octanol–water partition coefficient (Wildman–Crippen LogP) is 2.12. The Morgan fingerprint density at radius 2 is 1.97 bits per heavy atom. The first kappa shape index (κ1) is 20.8. The Morgan fingerprint density at radius 1 is 1.19 bits per heavy atom. The van der Waals surface area contributed by atoms with Crippen molar-refractivity contribution in [2.24, 2.45) is 0 Å². The van der Waals surface area contributed by atoms with Gasteiger partial charge in [0.05, 0.1) is 24.2 Å². The van der Waals surface area contributed by atoms with Crippen LogP contribution in [0.5, 0.6) is 0 Å². The van der Waals surface area contributed by atoms with Gasteiger partial charge in [-0.25, -0.2) is 14.1 Å². The largest absolute Gasteiger partial charge is 0.350 e. The third kappa shape index (κ3) is 4.36. The lowest BCUT2D eigenvalue weighted by Gasteiger charge is -2.08. The summed E-state index contributed by atoms with van der Waals surface area (Å²) in [6.07, 6.45) is 2.81. The van der Waals surface area contributed by atoms with Gasteiger partial charge in [0.25, 0.3) is 17.2 Å². The fourth-order valence-electron chi connectivity index (χ4n) is 3.20. The molecule has 32 heavy (non-hydrogen) atoms. The molecule has 0 aliphatic heterocycles. The second-order valence-electron chi connectivity index (χ2n) is 6.97. The van der Waals surface area contributed by atoms with Gasteiger partial charge >= 0.3 is 0 Å². The number of nitrogens with one attached hydrogen (secondary N) is 1. The summed E-state index contributed by atoms with van der Waals surface area (Å²) in [6, 6.07) is 11.3. The number of fused-ring (bicyclic) bond motifs is 1. The predicted molar refractivity (Wildman–Crippen MR) is 113 cm³/mol. The molecular formula is C21H17FN6O4. The fourth-order valence-corrected chi connectivity index (χ4v) is 3.20. The number of nitro benzene ring substituents is 1. The molecule has 10 nitrogen and oxygen atoms in total. The molecule has 0 fully saturated rings. The standard InChI is InChI=1S/C21H17FN6O4/c22-16-6-4-14(5-7-16)12-26-13-24-19-18(21(26)30)11-25-27(19)9-8-23-20(29)15-2-1-3-17(10-15)28(31)32/h1-7,10-11,13H,8-9,12H2,(H,23,29). The van der Waals surface area contributed by atoms with Crippen molar-refractivity contribution in [1.29, 1.82) is 0 Å². The van der Waals surface area contributed by atoms with Gasteiger partial charge in [0.1, 0.15) is 17.5 Å². The first-order chi connectivity index (χ1) is 15.4. The Kier molecular flexibility index (Phi) is 5.71. The van der Waals surface area contributed by atoms with Crippen LogP contribution < -0.4 is 10.9 Å². The molecule has 4 rings (SSSR count). The molecule has 2 aromatic heterocycles. The van der Waals surface area contributed by atoms with E-state index in [-0.39, 0.29) is 42.3 Å². The van der Waals surface area contributed by atoms with E-state index in [1.165, 1.54) is 58.2 Å². The van der Waals surface area contributed by atoms with E-state index in [0.29, 0.717) is 11.0 Å². The molecule has 0 spiro atoms. The van der Waals surface area contributed by atoms with Crippen molar-refractivity contribution < 1.29 is 14.1 Å². The number of halogens is 1. The van der Waals surface area contributed by atoms with Crippen LogP contribution in [0.3, 0.4) is 0 Å². The zero-order chi connectivity index (χ0) is 22.7. The summed E-state index contributed by atoms with van der Waals surface area (Å²) < 4.78 is 16.0. The maximum absolute atomic E-state index is 13.1. The summed E-state index contributed by atoms with van der Waals surface area (Å²) in [5.74, 6) is -0.812. The van der Waals surface area contributed by atoms with Gasteiger partial charge in [0, 0.05) is 24.2 Å². The summed E-state index contributed by atoms with van der Waals surface area (Å²) in [6.45, 7) is 0.670. The molecule has 0 saturated heterocycles. The quantitative estimate of drug-likeness (QED) is 0.349. The summed E-state index contributed by atoms with van der Waals surface area (Å²) in [4.78, 5) is 39.6. The van der Waals surface area contributed by atoms with Crippen molar-refractivity contribution in [1.82, 2.24) is 24.6 Å².